The number of carbonyl (C=O) groups is 1. The van der Waals surface area contributed by atoms with Crippen LogP contribution in [0.3, 0.4) is 0 Å². The number of nitrogens with zero attached hydrogens (tertiary/aromatic N) is 1. The number of rotatable bonds is 5. The Morgan fingerprint density at radius 2 is 2.33 bits per heavy atom. The predicted octanol–water partition coefficient (Wildman–Crippen LogP) is 0.886. The summed E-state index contributed by atoms with van der Waals surface area (Å²) in [5.41, 5.74) is 1.35. The molecule has 0 spiro atoms. The zero-order valence-electron chi connectivity index (χ0n) is 12.5. The van der Waals surface area contributed by atoms with E-state index in [1.165, 1.54) is 6.07 Å². The number of amides is 1. The highest BCUT2D eigenvalue weighted by atomic mass is 19.1. The van der Waals surface area contributed by atoms with Crippen LogP contribution < -0.4 is 15.5 Å². The van der Waals surface area contributed by atoms with Gasteiger partial charge < -0.3 is 20.3 Å². The Kier molecular flexibility index (Phi) is 5.52. The molecular formula is C15H22FN3O2. The number of carbonyl (C=O) groups excluding carboxylic acids is 1. The first-order valence-electron chi connectivity index (χ1n) is 7.23. The van der Waals surface area contributed by atoms with Crippen LogP contribution in [0.5, 0.6) is 0 Å². The van der Waals surface area contributed by atoms with Crippen LogP contribution >= 0.6 is 0 Å². The molecule has 0 aromatic heterocycles. The largest absolute Gasteiger partial charge is 0.377 e. The average Bonchev–Trinajstić information content (AvgIpc) is 2.52. The van der Waals surface area contributed by atoms with Crippen LogP contribution in [0.2, 0.25) is 0 Å². The maximum absolute atomic E-state index is 14.4. The lowest BCUT2D eigenvalue weighted by Crippen LogP contribution is -2.54. The molecule has 6 heteroatoms. The minimum absolute atomic E-state index is 0.160. The fraction of sp³-hybridized carbons (Fsp3) is 0.533. The summed E-state index contributed by atoms with van der Waals surface area (Å²) in [6.45, 7) is 4.63. The van der Waals surface area contributed by atoms with Gasteiger partial charge in [-0.15, -0.1) is 0 Å². The summed E-state index contributed by atoms with van der Waals surface area (Å²) in [7, 11) is 1.58. The van der Waals surface area contributed by atoms with Crippen molar-refractivity contribution < 1.29 is 13.9 Å². The number of morpholine rings is 1. The minimum Gasteiger partial charge on any atom is -0.377 e. The normalized spacial score (nSPS) is 18.6. The van der Waals surface area contributed by atoms with Gasteiger partial charge in [0.1, 0.15) is 11.9 Å². The molecule has 2 N–H and O–H groups in total. The van der Waals surface area contributed by atoms with Crippen LogP contribution in [-0.4, -0.2) is 45.3 Å². The number of ether oxygens (including phenoxy) is 1. The van der Waals surface area contributed by atoms with Gasteiger partial charge in [0.25, 0.3) is 0 Å². The Labute approximate surface area is 124 Å². The van der Waals surface area contributed by atoms with Crippen molar-refractivity contribution in [3.63, 3.8) is 0 Å². The summed E-state index contributed by atoms with van der Waals surface area (Å²) in [6, 6.07) is 4.51. The molecule has 1 unspecified atom stereocenters. The third-order valence-corrected chi connectivity index (χ3v) is 3.60. The number of hydrogen-bond donors (Lipinski definition) is 2. The fourth-order valence-corrected chi connectivity index (χ4v) is 2.54. The van der Waals surface area contributed by atoms with Crippen LogP contribution in [0.15, 0.2) is 18.2 Å². The van der Waals surface area contributed by atoms with Crippen molar-refractivity contribution in [2.24, 2.45) is 0 Å². The molecule has 1 aliphatic heterocycles. The van der Waals surface area contributed by atoms with E-state index in [0.29, 0.717) is 25.4 Å². The van der Waals surface area contributed by atoms with Crippen molar-refractivity contribution in [1.29, 1.82) is 0 Å². The van der Waals surface area contributed by atoms with E-state index in [-0.39, 0.29) is 18.3 Å². The summed E-state index contributed by atoms with van der Waals surface area (Å²) in [5, 5.41) is 5.82. The van der Waals surface area contributed by atoms with E-state index in [9.17, 15) is 9.18 Å². The minimum atomic E-state index is -0.499. The number of benzene rings is 1. The van der Waals surface area contributed by atoms with Crippen LogP contribution in [0.4, 0.5) is 10.1 Å². The highest BCUT2D eigenvalue weighted by molar-refractivity contribution is 5.85. The van der Waals surface area contributed by atoms with Gasteiger partial charge in [0.05, 0.1) is 18.9 Å². The number of likely N-dealkylation sites (N-methyl/N-ethyl adjacent to an activating group) is 1. The van der Waals surface area contributed by atoms with E-state index in [0.717, 1.165) is 12.1 Å². The first-order valence-corrected chi connectivity index (χ1v) is 7.23. The van der Waals surface area contributed by atoms with Gasteiger partial charge in [0, 0.05) is 20.1 Å². The summed E-state index contributed by atoms with van der Waals surface area (Å²) in [5.74, 6) is -0.464. The van der Waals surface area contributed by atoms with Crippen molar-refractivity contribution in [2.45, 2.75) is 19.5 Å². The standard InChI is InChI=1S/C15H22FN3O2/c1-3-18-9-11-5-4-6-12(16)14(11)19-7-8-21-10-13(19)15(20)17-2/h4-6,13,18H,3,7-10H2,1-2H3,(H,17,20). The summed E-state index contributed by atoms with van der Waals surface area (Å²) in [4.78, 5) is 13.8. The van der Waals surface area contributed by atoms with E-state index in [1.807, 2.05) is 17.9 Å². The average molecular weight is 295 g/mol. The van der Waals surface area contributed by atoms with Crippen LogP contribution in [0.25, 0.3) is 0 Å². The first kappa shape index (κ1) is 15.7. The van der Waals surface area contributed by atoms with E-state index >= 15 is 0 Å². The van der Waals surface area contributed by atoms with Gasteiger partial charge in [-0.25, -0.2) is 4.39 Å². The van der Waals surface area contributed by atoms with Gasteiger partial charge in [-0.3, -0.25) is 4.79 Å². The highest BCUT2D eigenvalue weighted by Gasteiger charge is 2.31. The second kappa shape index (κ2) is 7.38. The van der Waals surface area contributed by atoms with Crippen molar-refractivity contribution in [1.82, 2.24) is 10.6 Å². The molecule has 5 nitrogen and oxygen atoms in total. The van der Waals surface area contributed by atoms with Crippen molar-refractivity contribution in [3.8, 4) is 0 Å². The Balaban J connectivity index is 2.35. The number of anilines is 1. The van der Waals surface area contributed by atoms with E-state index in [1.54, 1.807) is 13.1 Å². The van der Waals surface area contributed by atoms with Gasteiger partial charge in [0.15, 0.2) is 0 Å². The molecule has 0 radical (unpaired) electrons. The maximum Gasteiger partial charge on any atom is 0.244 e. The third kappa shape index (κ3) is 3.51. The maximum atomic E-state index is 14.4. The molecule has 1 aromatic carbocycles. The zero-order chi connectivity index (χ0) is 15.2. The summed E-state index contributed by atoms with van der Waals surface area (Å²) < 4.78 is 19.7. The second-order valence-electron chi connectivity index (χ2n) is 4.93. The van der Waals surface area contributed by atoms with Crippen molar-refractivity contribution >= 4 is 11.6 Å². The fourth-order valence-electron chi connectivity index (χ4n) is 2.54. The number of nitrogens with one attached hydrogen (secondary N) is 2. The molecule has 21 heavy (non-hydrogen) atoms. The smallest absolute Gasteiger partial charge is 0.244 e. The summed E-state index contributed by atoms with van der Waals surface area (Å²) >= 11 is 0. The van der Waals surface area contributed by atoms with Gasteiger partial charge >= 0.3 is 0 Å². The van der Waals surface area contributed by atoms with E-state index in [4.69, 9.17) is 4.74 Å². The lowest BCUT2D eigenvalue weighted by Gasteiger charge is -2.37. The monoisotopic (exact) mass is 295 g/mol. The van der Waals surface area contributed by atoms with Crippen molar-refractivity contribution in [3.05, 3.63) is 29.6 Å². The molecule has 1 amide bonds. The molecular weight excluding hydrogens is 273 g/mol. The lowest BCUT2D eigenvalue weighted by atomic mass is 10.1. The highest BCUT2D eigenvalue weighted by Crippen LogP contribution is 2.28. The lowest BCUT2D eigenvalue weighted by molar-refractivity contribution is -0.124. The first-order chi connectivity index (χ1) is 10.2. The van der Waals surface area contributed by atoms with Crippen LogP contribution in [0, 0.1) is 5.82 Å². The molecule has 0 aliphatic carbocycles. The quantitative estimate of drug-likeness (QED) is 0.847. The van der Waals surface area contributed by atoms with Crippen LogP contribution in [-0.2, 0) is 16.1 Å². The van der Waals surface area contributed by atoms with Gasteiger partial charge in [-0.1, -0.05) is 19.1 Å². The molecule has 1 aromatic rings. The molecule has 2 rings (SSSR count). The number of para-hydroxylation sites is 1. The Hall–Kier alpha value is -1.66. The van der Waals surface area contributed by atoms with Gasteiger partial charge in [0.2, 0.25) is 5.91 Å². The zero-order valence-corrected chi connectivity index (χ0v) is 12.5. The molecule has 1 aliphatic rings. The third-order valence-electron chi connectivity index (χ3n) is 3.60. The van der Waals surface area contributed by atoms with Crippen molar-refractivity contribution in [2.75, 3.05) is 38.3 Å². The van der Waals surface area contributed by atoms with E-state index < -0.39 is 6.04 Å². The number of hydrogen-bond acceptors (Lipinski definition) is 4. The number of halogens is 1. The van der Waals surface area contributed by atoms with Crippen LogP contribution in [0.1, 0.15) is 12.5 Å². The summed E-state index contributed by atoms with van der Waals surface area (Å²) in [6.07, 6.45) is 0. The Bertz CT molecular complexity index is 496. The Morgan fingerprint density at radius 1 is 1.52 bits per heavy atom. The SMILES string of the molecule is CCNCc1cccc(F)c1N1CCOCC1C(=O)NC. The molecule has 116 valence electrons. The molecule has 0 bridgehead atoms. The molecule has 1 heterocycles. The topological polar surface area (TPSA) is 53.6 Å². The predicted molar refractivity (Wildman–Crippen MR) is 79.8 cm³/mol. The molecule has 1 atom stereocenters. The molecule has 1 saturated heterocycles. The molecule has 0 saturated carbocycles. The van der Waals surface area contributed by atoms with Gasteiger partial charge in [-0.2, -0.15) is 0 Å². The molecule has 1 fully saturated rings. The Morgan fingerprint density at radius 3 is 3.05 bits per heavy atom. The van der Waals surface area contributed by atoms with Gasteiger partial charge in [-0.05, 0) is 18.2 Å². The van der Waals surface area contributed by atoms with E-state index in [2.05, 4.69) is 10.6 Å². The second-order valence-corrected chi connectivity index (χ2v) is 4.93.